The summed E-state index contributed by atoms with van der Waals surface area (Å²) in [4.78, 5) is 16.8. The van der Waals surface area contributed by atoms with E-state index < -0.39 is 0 Å². The molecule has 0 spiro atoms. The van der Waals surface area contributed by atoms with Crippen LogP contribution < -0.4 is 0 Å². The molecule has 1 aromatic heterocycles. The SMILES string of the molecule is C=CCC1(OC(=O)c2cncn2[C@H](C)c2ccccc2)CCC1. The maximum absolute atomic E-state index is 12.6. The maximum atomic E-state index is 12.6. The predicted octanol–water partition coefficient (Wildman–Crippen LogP) is 4.15. The highest BCUT2D eigenvalue weighted by molar-refractivity contribution is 5.87. The van der Waals surface area contributed by atoms with Crippen molar-refractivity contribution >= 4 is 5.97 Å². The number of esters is 1. The Labute approximate surface area is 136 Å². The quantitative estimate of drug-likeness (QED) is 0.595. The smallest absolute Gasteiger partial charge is 0.357 e. The van der Waals surface area contributed by atoms with Crippen molar-refractivity contribution < 1.29 is 9.53 Å². The third-order valence-electron chi connectivity index (χ3n) is 4.66. The minimum atomic E-state index is -0.357. The molecule has 1 aromatic carbocycles. The minimum Gasteiger partial charge on any atom is -0.454 e. The number of hydrogen-bond donors (Lipinski definition) is 0. The summed E-state index contributed by atoms with van der Waals surface area (Å²) in [6.45, 7) is 5.83. The fourth-order valence-corrected chi connectivity index (χ4v) is 3.09. The van der Waals surface area contributed by atoms with E-state index in [0.717, 1.165) is 24.8 Å². The molecule has 120 valence electrons. The summed E-state index contributed by atoms with van der Waals surface area (Å²) in [5.41, 5.74) is 1.27. The van der Waals surface area contributed by atoms with E-state index in [1.54, 1.807) is 12.5 Å². The van der Waals surface area contributed by atoms with Crippen LogP contribution in [-0.2, 0) is 4.74 Å². The number of rotatable bonds is 6. The van der Waals surface area contributed by atoms with E-state index in [1.807, 2.05) is 41.0 Å². The Balaban J connectivity index is 1.80. The van der Waals surface area contributed by atoms with Crippen molar-refractivity contribution in [3.63, 3.8) is 0 Å². The summed E-state index contributed by atoms with van der Waals surface area (Å²) in [7, 11) is 0. The summed E-state index contributed by atoms with van der Waals surface area (Å²) in [6, 6.07) is 10.1. The Morgan fingerprint density at radius 2 is 2.17 bits per heavy atom. The van der Waals surface area contributed by atoms with Gasteiger partial charge in [-0.3, -0.25) is 0 Å². The Morgan fingerprint density at radius 1 is 1.43 bits per heavy atom. The lowest BCUT2D eigenvalue weighted by atomic mass is 9.77. The number of nitrogens with zero attached hydrogens (tertiary/aromatic N) is 2. The largest absolute Gasteiger partial charge is 0.454 e. The van der Waals surface area contributed by atoms with Gasteiger partial charge in [-0.15, -0.1) is 6.58 Å². The number of aromatic nitrogens is 2. The zero-order valence-electron chi connectivity index (χ0n) is 13.4. The van der Waals surface area contributed by atoms with Gasteiger partial charge in [0.2, 0.25) is 0 Å². The lowest BCUT2D eigenvalue weighted by molar-refractivity contribution is -0.0608. The summed E-state index contributed by atoms with van der Waals surface area (Å²) in [5.74, 6) is -0.299. The van der Waals surface area contributed by atoms with E-state index in [1.165, 1.54) is 0 Å². The standard InChI is InChI=1S/C19H22N2O2/c1-3-10-19(11-7-12-19)23-18(22)17-13-20-14-21(17)15(2)16-8-5-4-6-9-16/h3-6,8-9,13-15H,1,7,10-12H2,2H3/t15-/m1/s1. The highest BCUT2D eigenvalue weighted by Crippen LogP contribution is 2.39. The van der Waals surface area contributed by atoms with Gasteiger partial charge in [0.05, 0.1) is 18.6 Å². The van der Waals surface area contributed by atoms with Crippen LogP contribution in [0.1, 0.15) is 54.7 Å². The van der Waals surface area contributed by atoms with Crippen molar-refractivity contribution in [2.45, 2.75) is 44.2 Å². The Morgan fingerprint density at radius 3 is 2.78 bits per heavy atom. The first kappa shape index (κ1) is 15.5. The molecule has 0 amide bonds. The van der Waals surface area contributed by atoms with Crippen molar-refractivity contribution in [1.82, 2.24) is 9.55 Å². The van der Waals surface area contributed by atoms with Crippen molar-refractivity contribution in [3.05, 3.63) is 66.8 Å². The van der Waals surface area contributed by atoms with Gasteiger partial charge < -0.3 is 9.30 Å². The molecule has 4 nitrogen and oxygen atoms in total. The molecule has 0 aliphatic heterocycles. The van der Waals surface area contributed by atoms with Gasteiger partial charge in [0.25, 0.3) is 0 Å². The molecule has 0 N–H and O–H groups in total. The molecular weight excluding hydrogens is 288 g/mol. The molecule has 0 saturated heterocycles. The summed E-state index contributed by atoms with van der Waals surface area (Å²) in [6.07, 6.45) is 8.73. The fraction of sp³-hybridized carbons (Fsp3) is 0.368. The van der Waals surface area contributed by atoms with Crippen molar-refractivity contribution in [2.75, 3.05) is 0 Å². The first-order valence-electron chi connectivity index (χ1n) is 8.06. The number of ether oxygens (including phenoxy) is 1. The number of benzene rings is 1. The van der Waals surface area contributed by atoms with Gasteiger partial charge in [-0.05, 0) is 31.7 Å². The van der Waals surface area contributed by atoms with Gasteiger partial charge in [-0.2, -0.15) is 0 Å². The second-order valence-corrected chi connectivity index (χ2v) is 6.19. The number of hydrogen-bond acceptors (Lipinski definition) is 3. The molecule has 1 fully saturated rings. The molecule has 23 heavy (non-hydrogen) atoms. The molecule has 0 bridgehead atoms. The van der Waals surface area contributed by atoms with Gasteiger partial charge in [-0.1, -0.05) is 36.4 Å². The van der Waals surface area contributed by atoms with Gasteiger partial charge in [0.15, 0.2) is 0 Å². The molecule has 1 aliphatic rings. The number of carbonyl (C=O) groups is 1. The van der Waals surface area contributed by atoms with Crippen LogP contribution in [0, 0.1) is 0 Å². The molecule has 4 heteroatoms. The van der Waals surface area contributed by atoms with Crippen LogP contribution in [0.4, 0.5) is 0 Å². The van der Waals surface area contributed by atoms with Crippen LogP contribution >= 0.6 is 0 Å². The van der Waals surface area contributed by atoms with Crippen LogP contribution in [0.15, 0.2) is 55.5 Å². The van der Waals surface area contributed by atoms with Gasteiger partial charge in [0, 0.05) is 6.42 Å². The second kappa shape index (κ2) is 6.41. The zero-order chi connectivity index (χ0) is 16.3. The minimum absolute atomic E-state index is 0.0259. The molecule has 3 rings (SSSR count). The summed E-state index contributed by atoms with van der Waals surface area (Å²) in [5, 5.41) is 0. The van der Waals surface area contributed by atoms with Crippen molar-refractivity contribution in [3.8, 4) is 0 Å². The van der Waals surface area contributed by atoms with Crippen LogP contribution in [0.5, 0.6) is 0 Å². The molecular formula is C19H22N2O2. The number of imidazole rings is 1. The molecule has 1 saturated carbocycles. The lowest BCUT2D eigenvalue weighted by Crippen LogP contribution is -2.41. The molecule has 0 radical (unpaired) electrons. The molecule has 1 atom stereocenters. The van der Waals surface area contributed by atoms with E-state index in [9.17, 15) is 4.79 Å². The predicted molar refractivity (Wildman–Crippen MR) is 89.3 cm³/mol. The number of carbonyl (C=O) groups excluding carboxylic acids is 1. The van der Waals surface area contributed by atoms with Gasteiger partial charge >= 0.3 is 5.97 Å². The highest BCUT2D eigenvalue weighted by atomic mass is 16.6. The molecule has 2 aromatic rings. The van der Waals surface area contributed by atoms with Crippen LogP contribution in [0.2, 0.25) is 0 Å². The van der Waals surface area contributed by atoms with Crippen LogP contribution in [-0.4, -0.2) is 21.1 Å². The Hall–Kier alpha value is -2.36. The van der Waals surface area contributed by atoms with E-state index in [-0.39, 0.29) is 17.6 Å². The fourth-order valence-electron chi connectivity index (χ4n) is 3.09. The van der Waals surface area contributed by atoms with Gasteiger partial charge in [-0.25, -0.2) is 9.78 Å². The topological polar surface area (TPSA) is 44.1 Å². The van der Waals surface area contributed by atoms with E-state index in [2.05, 4.69) is 18.5 Å². The third-order valence-corrected chi connectivity index (χ3v) is 4.66. The van der Waals surface area contributed by atoms with Crippen LogP contribution in [0.3, 0.4) is 0 Å². The van der Waals surface area contributed by atoms with E-state index in [4.69, 9.17) is 4.74 Å². The average Bonchev–Trinajstić information content (AvgIpc) is 3.02. The van der Waals surface area contributed by atoms with Crippen molar-refractivity contribution in [2.24, 2.45) is 0 Å². The Kier molecular flexibility index (Phi) is 4.33. The highest BCUT2D eigenvalue weighted by Gasteiger charge is 2.40. The average molecular weight is 310 g/mol. The summed E-state index contributed by atoms with van der Waals surface area (Å²) < 4.78 is 7.69. The lowest BCUT2D eigenvalue weighted by Gasteiger charge is -2.40. The first-order chi connectivity index (χ1) is 11.2. The molecule has 0 unspecified atom stereocenters. The second-order valence-electron chi connectivity index (χ2n) is 6.19. The van der Waals surface area contributed by atoms with Crippen molar-refractivity contribution in [1.29, 1.82) is 0 Å². The van der Waals surface area contributed by atoms with E-state index >= 15 is 0 Å². The zero-order valence-corrected chi connectivity index (χ0v) is 13.4. The van der Waals surface area contributed by atoms with Crippen LogP contribution in [0.25, 0.3) is 0 Å². The normalized spacial score (nSPS) is 17.1. The summed E-state index contributed by atoms with van der Waals surface area (Å²) >= 11 is 0. The maximum Gasteiger partial charge on any atom is 0.357 e. The van der Waals surface area contributed by atoms with E-state index in [0.29, 0.717) is 12.1 Å². The third kappa shape index (κ3) is 3.07. The Bertz CT molecular complexity index is 686. The van der Waals surface area contributed by atoms with Gasteiger partial charge in [0.1, 0.15) is 11.3 Å². The molecule has 1 heterocycles. The monoisotopic (exact) mass is 310 g/mol. The molecule has 1 aliphatic carbocycles. The first-order valence-corrected chi connectivity index (χ1v) is 8.06.